The summed E-state index contributed by atoms with van der Waals surface area (Å²) in [5.41, 5.74) is 5.97. The van der Waals surface area contributed by atoms with Gasteiger partial charge in [0, 0.05) is 47.1 Å². The second-order valence-corrected chi connectivity index (χ2v) is 12.3. The fourth-order valence-electron chi connectivity index (χ4n) is 7.75. The SMILES string of the molecule is Cc1cc2c(c(O)c1C)[C@@H]1C3Cc4c(O)c(C)c5c(c4[C@H](CNC(=O)c4cccnc4Cl)N3[C@@H](C#N)[C@H](C2)N1C)OCO5. The highest BCUT2D eigenvalue weighted by Crippen LogP contribution is 2.57. The molecule has 3 aromatic rings. The van der Waals surface area contributed by atoms with E-state index in [1.54, 1.807) is 19.1 Å². The summed E-state index contributed by atoms with van der Waals surface area (Å²) in [5, 5.41) is 36.9. The van der Waals surface area contributed by atoms with E-state index in [1.165, 1.54) is 6.20 Å². The van der Waals surface area contributed by atoms with Crippen molar-refractivity contribution >= 4 is 17.5 Å². The van der Waals surface area contributed by atoms with Gasteiger partial charge in [-0.1, -0.05) is 17.7 Å². The lowest BCUT2D eigenvalue weighted by atomic mass is 9.71. The molecule has 4 aliphatic rings. The highest BCUT2D eigenvalue weighted by Gasteiger charge is 2.56. The summed E-state index contributed by atoms with van der Waals surface area (Å²) < 4.78 is 11.8. The van der Waals surface area contributed by atoms with Crippen LogP contribution in [0.4, 0.5) is 0 Å². The standard InChI is InChI=1S/C32H32ClN5O5/c1-14-8-17-9-20-22(11-34)38-21(26(37(20)4)24(17)28(40)15(14)2)10-19-25(30-29(42-13-43-30)16(3)27(19)39)23(38)12-36-32(41)18-6-5-7-35-31(18)33/h5-8,20-23,26,39-40H,9-10,12-13H2,1-4H3,(H,36,41)/t20-,21?,22-,23-,26-/m0/s1. The van der Waals surface area contributed by atoms with Crippen LogP contribution in [-0.4, -0.2) is 69.4 Å². The number of nitriles is 1. The van der Waals surface area contributed by atoms with E-state index < -0.39 is 18.0 Å². The minimum Gasteiger partial charge on any atom is -0.507 e. The quantitative estimate of drug-likeness (QED) is 0.381. The molecule has 1 amide bonds. The molecule has 11 heteroatoms. The van der Waals surface area contributed by atoms with Crippen molar-refractivity contribution in [1.29, 1.82) is 5.26 Å². The van der Waals surface area contributed by atoms with E-state index in [4.69, 9.17) is 21.1 Å². The molecule has 1 aromatic heterocycles. The molecule has 1 unspecified atom stereocenters. The van der Waals surface area contributed by atoms with Crippen molar-refractivity contribution in [2.75, 3.05) is 20.4 Å². The van der Waals surface area contributed by atoms with E-state index in [9.17, 15) is 20.3 Å². The van der Waals surface area contributed by atoms with Gasteiger partial charge in [-0.3, -0.25) is 14.6 Å². The number of halogens is 1. The smallest absolute Gasteiger partial charge is 0.254 e. The number of aryl methyl sites for hydroxylation is 1. The van der Waals surface area contributed by atoms with Crippen LogP contribution in [0.5, 0.6) is 23.0 Å². The van der Waals surface area contributed by atoms with Gasteiger partial charge in [-0.15, -0.1) is 0 Å². The Kier molecular flexibility index (Phi) is 6.47. The number of nitrogens with zero attached hydrogens (tertiary/aromatic N) is 4. The van der Waals surface area contributed by atoms with Gasteiger partial charge in [-0.25, -0.2) is 4.98 Å². The summed E-state index contributed by atoms with van der Waals surface area (Å²) in [5.74, 6) is 0.984. The molecule has 222 valence electrons. The molecular formula is C32H32ClN5O5. The number of fused-ring (bicyclic) bond motifs is 9. The first kappa shape index (κ1) is 27.8. The number of phenolic OH excluding ortho intramolecular Hbond substituents is 2. The summed E-state index contributed by atoms with van der Waals surface area (Å²) in [7, 11) is 2.01. The third kappa shape index (κ3) is 3.92. The number of nitrogens with one attached hydrogen (secondary N) is 1. The maximum atomic E-state index is 13.3. The summed E-state index contributed by atoms with van der Waals surface area (Å²) in [6.45, 7) is 5.83. The Labute approximate surface area is 254 Å². The number of piperazine rings is 1. The Bertz CT molecular complexity index is 1740. The second-order valence-electron chi connectivity index (χ2n) is 11.9. The molecular weight excluding hydrogens is 570 g/mol. The first-order chi connectivity index (χ1) is 20.6. The second kappa shape index (κ2) is 10.0. The normalized spacial score (nSPS) is 25.3. The fraction of sp³-hybridized carbons (Fsp3) is 0.406. The van der Waals surface area contributed by atoms with E-state index in [0.717, 1.165) is 22.3 Å². The van der Waals surface area contributed by atoms with Gasteiger partial charge < -0.3 is 25.0 Å². The van der Waals surface area contributed by atoms with Crippen molar-refractivity contribution in [2.45, 2.75) is 63.8 Å². The Hall–Kier alpha value is -4.04. The largest absolute Gasteiger partial charge is 0.507 e. The van der Waals surface area contributed by atoms with E-state index in [1.807, 2.05) is 20.9 Å². The lowest BCUT2D eigenvalue weighted by Crippen LogP contribution is -2.68. The van der Waals surface area contributed by atoms with E-state index in [-0.39, 0.29) is 53.7 Å². The van der Waals surface area contributed by atoms with Crippen LogP contribution < -0.4 is 14.8 Å². The Morgan fingerprint density at radius 2 is 1.91 bits per heavy atom. The van der Waals surface area contributed by atoms with E-state index in [2.05, 4.69) is 32.2 Å². The Balaban J connectivity index is 1.41. The fourth-order valence-corrected chi connectivity index (χ4v) is 7.95. The van der Waals surface area contributed by atoms with Crippen molar-refractivity contribution < 1.29 is 24.5 Å². The summed E-state index contributed by atoms with van der Waals surface area (Å²) in [4.78, 5) is 21.7. The van der Waals surface area contributed by atoms with Gasteiger partial charge in [-0.05, 0) is 69.5 Å². The molecule has 1 fully saturated rings. The molecule has 5 heterocycles. The molecule has 5 atom stereocenters. The number of aromatic hydroxyl groups is 2. The number of hydrogen-bond donors (Lipinski definition) is 3. The zero-order chi connectivity index (χ0) is 30.3. The van der Waals surface area contributed by atoms with Crippen LogP contribution in [0.2, 0.25) is 5.15 Å². The van der Waals surface area contributed by atoms with Gasteiger partial charge in [0.15, 0.2) is 11.5 Å². The first-order valence-corrected chi connectivity index (χ1v) is 14.7. The first-order valence-electron chi connectivity index (χ1n) is 14.4. The average Bonchev–Trinajstić information content (AvgIpc) is 3.48. The zero-order valence-electron chi connectivity index (χ0n) is 24.3. The average molecular weight is 602 g/mol. The lowest BCUT2D eigenvalue weighted by Gasteiger charge is -2.60. The zero-order valence-corrected chi connectivity index (χ0v) is 25.1. The third-order valence-electron chi connectivity index (χ3n) is 9.92. The number of amides is 1. The minimum absolute atomic E-state index is 0.00933. The molecule has 0 aliphatic carbocycles. The van der Waals surface area contributed by atoms with Crippen LogP contribution in [0, 0.1) is 32.1 Å². The molecule has 0 radical (unpaired) electrons. The molecule has 0 saturated carbocycles. The molecule has 1 saturated heterocycles. The number of hydrogen-bond acceptors (Lipinski definition) is 9. The van der Waals surface area contributed by atoms with Crippen molar-refractivity contribution in [3.05, 3.63) is 74.1 Å². The van der Waals surface area contributed by atoms with E-state index >= 15 is 0 Å². The summed E-state index contributed by atoms with van der Waals surface area (Å²) in [6.07, 6.45) is 2.51. The minimum atomic E-state index is -0.554. The highest BCUT2D eigenvalue weighted by atomic mass is 35.5. The van der Waals surface area contributed by atoms with Crippen molar-refractivity contribution in [3.8, 4) is 29.1 Å². The van der Waals surface area contributed by atoms with E-state index in [0.29, 0.717) is 41.0 Å². The van der Waals surface area contributed by atoms with Gasteiger partial charge in [-0.2, -0.15) is 5.26 Å². The molecule has 2 bridgehead atoms. The molecule has 2 aromatic carbocycles. The summed E-state index contributed by atoms with van der Waals surface area (Å²) >= 11 is 6.24. The van der Waals surface area contributed by atoms with Crippen molar-refractivity contribution in [1.82, 2.24) is 20.1 Å². The van der Waals surface area contributed by atoms with Crippen LogP contribution in [0.1, 0.15) is 61.4 Å². The number of phenols is 2. The topological polar surface area (TPSA) is 131 Å². The van der Waals surface area contributed by atoms with Gasteiger partial charge in [0.2, 0.25) is 6.79 Å². The monoisotopic (exact) mass is 601 g/mol. The maximum absolute atomic E-state index is 13.3. The summed E-state index contributed by atoms with van der Waals surface area (Å²) in [6, 6.07) is 6.13. The number of likely N-dealkylation sites (N-methyl/N-ethyl adjacent to an activating group) is 1. The maximum Gasteiger partial charge on any atom is 0.254 e. The van der Waals surface area contributed by atoms with Gasteiger partial charge in [0.25, 0.3) is 5.91 Å². The Morgan fingerprint density at radius 3 is 2.65 bits per heavy atom. The van der Waals surface area contributed by atoms with Crippen LogP contribution >= 0.6 is 11.6 Å². The number of aromatic nitrogens is 1. The van der Waals surface area contributed by atoms with Crippen molar-refractivity contribution in [3.63, 3.8) is 0 Å². The third-order valence-corrected chi connectivity index (χ3v) is 10.2. The molecule has 0 spiro atoms. The molecule has 7 rings (SSSR count). The van der Waals surface area contributed by atoms with Crippen LogP contribution in [0.15, 0.2) is 24.4 Å². The number of pyridine rings is 1. The highest BCUT2D eigenvalue weighted by molar-refractivity contribution is 6.32. The number of rotatable bonds is 3. The van der Waals surface area contributed by atoms with Crippen LogP contribution in [-0.2, 0) is 12.8 Å². The predicted octanol–water partition coefficient (Wildman–Crippen LogP) is 4.00. The van der Waals surface area contributed by atoms with Crippen LogP contribution in [0.3, 0.4) is 0 Å². The molecule has 10 nitrogen and oxygen atoms in total. The van der Waals surface area contributed by atoms with Crippen LogP contribution in [0.25, 0.3) is 0 Å². The number of benzene rings is 2. The lowest BCUT2D eigenvalue weighted by molar-refractivity contribution is -0.0720. The number of carbonyl (C=O) groups is 1. The molecule has 43 heavy (non-hydrogen) atoms. The predicted molar refractivity (Wildman–Crippen MR) is 158 cm³/mol. The Morgan fingerprint density at radius 1 is 1.14 bits per heavy atom. The van der Waals surface area contributed by atoms with Gasteiger partial charge in [0.1, 0.15) is 22.7 Å². The van der Waals surface area contributed by atoms with Gasteiger partial charge in [0.05, 0.1) is 23.7 Å². The van der Waals surface area contributed by atoms with Gasteiger partial charge >= 0.3 is 0 Å². The van der Waals surface area contributed by atoms with Crippen molar-refractivity contribution in [2.24, 2.45) is 0 Å². The number of ether oxygens (including phenoxy) is 2. The molecule has 4 aliphatic heterocycles. The molecule has 3 N–H and O–H groups in total. The number of carbonyl (C=O) groups excluding carboxylic acids is 1.